The predicted octanol–water partition coefficient (Wildman–Crippen LogP) is 2.81. The summed E-state index contributed by atoms with van der Waals surface area (Å²) in [6.45, 7) is 2.77. The fraction of sp³-hybridized carbons (Fsp3) is 0.533. The first kappa shape index (κ1) is 14.8. The molecule has 0 bridgehead atoms. The number of carbonyl (C=O) groups is 1. The Kier molecular flexibility index (Phi) is 4.50. The Bertz CT molecular complexity index is 481. The van der Waals surface area contributed by atoms with Crippen molar-refractivity contribution < 1.29 is 4.79 Å². The van der Waals surface area contributed by atoms with Crippen molar-refractivity contribution in [2.45, 2.75) is 31.7 Å². The molecule has 104 valence electrons. The van der Waals surface area contributed by atoms with Crippen LogP contribution in [0.3, 0.4) is 0 Å². The number of aryl methyl sites for hydroxylation is 1. The van der Waals surface area contributed by atoms with E-state index in [1.54, 1.807) is 0 Å². The molecule has 1 aromatic rings. The summed E-state index contributed by atoms with van der Waals surface area (Å²) in [5.74, 6) is 0.0428. The second kappa shape index (κ2) is 5.79. The van der Waals surface area contributed by atoms with Gasteiger partial charge in [-0.15, -0.1) is 0 Å². The molecule has 1 amide bonds. The Balaban J connectivity index is 2.04. The molecule has 1 aromatic carbocycles. The second-order valence-electron chi connectivity index (χ2n) is 5.59. The van der Waals surface area contributed by atoms with Crippen molar-refractivity contribution in [1.29, 1.82) is 0 Å². The monoisotopic (exact) mass is 372 g/mol. The average Bonchev–Trinajstić information content (AvgIpc) is 2.30. The molecule has 1 fully saturated rings. The van der Waals surface area contributed by atoms with Gasteiger partial charge in [-0.25, -0.2) is 0 Å². The third-order valence-electron chi connectivity index (χ3n) is 4.25. The van der Waals surface area contributed by atoms with Crippen LogP contribution in [-0.4, -0.2) is 37.0 Å². The molecule has 1 aliphatic carbocycles. The van der Waals surface area contributed by atoms with E-state index >= 15 is 0 Å². The number of hydrogen-bond donors (Lipinski definition) is 1. The van der Waals surface area contributed by atoms with E-state index in [0.717, 1.165) is 21.2 Å². The first-order valence-electron chi connectivity index (χ1n) is 6.67. The number of likely N-dealkylation sites (N-methyl/N-ethyl adjacent to an activating group) is 1. The lowest BCUT2D eigenvalue weighted by Crippen LogP contribution is -2.57. The molecule has 19 heavy (non-hydrogen) atoms. The van der Waals surface area contributed by atoms with E-state index in [-0.39, 0.29) is 11.4 Å². The van der Waals surface area contributed by atoms with Crippen LogP contribution in [0.2, 0.25) is 0 Å². The molecule has 0 spiro atoms. The van der Waals surface area contributed by atoms with Crippen molar-refractivity contribution in [1.82, 2.24) is 10.2 Å². The van der Waals surface area contributed by atoms with Crippen molar-refractivity contribution in [2.24, 2.45) is 0 Å². The molecule has 0 unspecified atom stereocenters. The predicted molar refractivity (Wildman–Crippen MR) is 86.5 cm³/mol. The number of nitrogens with zero attached hydrogens (tertiary/aromatic N) is 1. The van der Waals surface area contributed by atoms with Gasteiger partial charge in [0.05, 0.1) is 5.56 Å². The van der Waals surface area contributed by atoms with Gasteiger partial charge in [0.15, 0.2) is 0 Å². The maximum atomic E-state index is 12.3. The van der Waals surface area contributed by atoms with E-state index in [0.29, 0.717) is 0 Å². The summed E-state index contributed by atoms with van der Waals surface area (Å²) in [6.07, 6.45) is 3.60. The zero-order valence-electron chi connectivity index (χ0n) is 11.8. The molecule has 0 aromatic heterocycles. The zero-order chi connectivity index (χ0) is 14.0. The van der Waals surface area contributed by atoms with Crippen LogP contribution in [0.15, 0.2) is 18.2 Å². The Labute approximate surface area is 128 Å². The molecule has 2 rings (SSSR count). The zero-order valence-corrected chi connectivity index (χ0v) is 14.0. The van der Waals surface area contributed by atoms with Gasteiger partial charge in [0, 0.05) is 15.7 Å². The number of nitrogens with one attached hydrogen (secondary N) is 1. The topological polar surface area (TPSA) is 32.3 Å². The molecule has 1 saturated carbocycles. The van der Waals surface area contributed by atoms with Crippen molar-refractivity contribution in [3.8, 4) is 0 Å². The van der Waals surface area contributed by atoms with E-state index in [1.807, 2.05) is 25.1 Å². The molecule has 3 nitrogen and oxygen atoms in total. The largest absolute Gasteiger partial charge is 0.350 e. The summed E-state index contributed by atoms with van der Waals surface area (Å²) >= 11 is 2.25. The molecule has 0 saturated heterocycles. The second-order valence-corrected chi connectivity index (χ2v) is 6.67. The minimum atomic E-state index is 0.0428. The highest BCUT2D eigenvalue weighted by atomic mass is 127. The highest BCUT2D eigenvalue weighted by molar-refractivity contribution is 14.1. The van der Waals surface area contributed by atoms with Gasteiger partial charge in [0.2, 0.25) is 0 Å². The minimum absolute atomic E-state index is 0.0428. The summed E-state index contributed by atoms with van der Waals surface area (Å²) in [4.78, 5) is 14.5. The Morgan fingerprint density at radius 2 is 2.11 bits per heavy atom. The van der Waals surface area contributed by atoms with Crippen LogP contribution >= 0.6 is 22.6 Å². The highest BCUT2D eigenvalue weighted by Crippen LogP contribution is 2.35. The van der Waals surface area contributed by atoms with Gasteiger partial charge < -0.3 is 10.2 Å². The van der Waals surface area contributed by atoms with E-state index in [4.69, 9.17) is 0 Å². The molecule has 0 atom stereocenters. The lowest BCUT2D eigenvalue weighted by Gasteiger charge is -2.47. The smallest absolute Gasteiger partial charge is 0.252 e. The number of benzene rings is 1. The third kappa shape index (κ3) is 2.94. The SMILES string of the molecule is Cc1cccc(C(=O)NCC2(N(C)C)CCC2)c1I. The third-order valence-corrected chi connectivity index (χ3v) is 5.68. The lowest BCUT2D eigenvalue weighted by atomic mass is 9.75. The normalized spacial score (nSPS) is 17.1. The molecular weight excluding hydrogens is 351 g/mol. The summed E-state index contributed by atoms with van der Waals surface area (Å²) in [6, 6.07) is 5.87. The van der Waals surface area contributed by atoms with Crippen molar-refractivity contribution >= 4 is 28.5 Å². The van der Waals surface area contributed by atoms with Gasteiger partial charge in [-0.1, -0.05) is 12.1 Å². The standard InChI is InChI=1S/C15H21IN2O/c1-11-6-4-7-12(13(11)16)14(19)17-10-15(18(2)3)8-5-9-15/h4,6-7H,5,8-10H2,1-3H3,(H,17,19). The van der Waals surface area contributed by atoms with Crippen molar-refractivity contribution in [3.63, 3.8) is 0 Å². The van der Waals surface area contributed by atoms with Gasteiger partial charge in [0.25, 0.3) is 5.91 Å². The van der Waals surface area contributed by atoms with Crippen LogP contribution in [0, 0.1) is 10.5 Å². The van der Waals surface area contributed by atoms with Gasteiger partial charge in [0.1, 0.15) is 0 Å². The van der Waals surface area contributed by atoms with E-state index in [1.165, 1.54) is 19.3 Å². The summed E-state index contributed by atoms with van der Waals surface area (Å²) in [7, 11) is 4.20. The quantitative estimate of drug-likeness (QED) is 0.825. The first-order chi connectivity index (χ1) is 8.96. The summed E-state index contributed by atoms with van der Waals surface area (Å²) in [5.41, 5.74) is 2.11. The van der Waals surface area contributed by atoms with E-state index in [2.05, 4.69) is 46.9 Å². The fourth-order valence-electron chi connectivity index (χ4n) is 2.53. The lowest BCUT2D eigenvalue weighted by molar-refractivity contribution is 0.0557. The van der Waals surface area contributed by atoms with Crippen LogP contribution in [0.1, 0.15) is 35.2 Å². The maximum absolute atomic E-state index is 12.3. The van der Waals surface area contributed by atoms with Crippen LogP contribution in [0.25, 0.3) is 0 Å². The summed E-state index contributed by atoms with van der Waals surface area (Å²) in [5, 5.41) is 3.11. The Morgan fingerprint density at radius 3 is 2.63 bits per heavy atom. The molecule has 1 aliphatic rings. The van der Waals surface area contributed by atoms with E-state index < -0.39 is 0 Å². The number of carbonyl (C=O) groups excluding carboxylic acids is 1. The Morgan fingerprint density at radius 1 is 1.42 bits per heavy atom. The molecule has 4 heteroatoms. The molecule has 0 heterocycles. The average molecular weight is 372 g/mol. The molecule has 1 N–H and O–H groups in total. The van der Waals surface area contributed by atoms with Crippen LogP contribution < -0.4 is 5.32 Å². The van der Waals surface area contributed by atoms with Crippen molar-refractivity contribution in [3.05, 3.63) is 32.9 Å². The first-order valence-corrected chi connectivity index (χ1v) is 7.75. The minimum Gasteiger partial charge on any atom is -0.350 e. The number of amides is 1. The van der Waals surface area contributed by atoms with Gasteiger partial charge in [-0.3, -0.25) is 4.79 Å². The molecular formula is C15H21IN2O. The summed E-state index contributed by atoms with van der Waals surface area (Å²) < 4.78 is 1.05. The van der Waals surface area contributed by atoms with Gasteiger partial charge in [-0.05, 0) is 74.5 Å². The number of hydrogen-bond acceptors (Lipinski definition) is 2. The Hall–Kier alpha value is -0.620. The molecule has 0 radical (unpaired) electrons. The fourth-order valence-corrected chi connectivity index (χ4v) is 3.13. The number of halogens is 1. The van der Waals surface area contributed by atoms with E-state index in [9.17, 15) is 4.79 Å². The van der Waals surface area contributed by atoms with Crippen molar-refractivity contribution in [2.75, 3.05) is 20.6 Å². The van der Waals surface area contributed by atoms with Gasteiger partial charge >= 0.3 is 0 Å². The highest BCUT2D eigenvalue weighted by Gasteiger charge is 2.39. The number of rotatable bonds is 4. The molecule has 0 aliphatic heterocycles. The maximum Gasteiger partial charge on any atom is 0.252 e. The van der Waals surface area contributed by atoms with Gasteiger partial charge in [-0.2, -0.15) is 0 Å². The van der Waals surface area contributed by atoms with Crippen LogP contribution in [-0.2, 0) is 0 Å². The van der Waals surface area contributed by atoms with Crippen LogP contribution in [0.5, 0.6) is 0 Å². The van der Waals surface area contributed by atoms with Crippen LogP contribution in [0.4, 0.5) is 0 Å².